The maximum absolute atomic E-state index is 12.0. The SMILES string of the molecule is N#Cc1ccccc1NC(=O)COc1ccc2c(c1)CCCC2. The molecular weight excluding hydrogens is 288 g/mol. The number of benzene rings is 2. The number of hydrogen-bond donors (Lipinski definition) is 1. The fraction of sp³-hybridized carbons (Fsp3) is 0.263. The number of fused-ring (bicyclic) bond motifs is 1. The van der Waals surface area contributed by atoms with E-state index in [-0.39, 0.29) is 12.5 Å². The van der Waals surface area contributed by atoms with Gasteiger partial charge in [-0.2, -0.15) is 5.26 Å². The Kier molecular flexibility index (Phi) is 4.58. The minimum atomic E-state index is -0.273. The van der Waals surface area contributed by atoms with Gasteiger partial charge in [-0.1, -0.05) is 18.2 Å². The predicted molar refractivity (Wildman–Crippen MR) is 88.4 cm³/mol. The van der Waals surface area contributed by atoms with Crippen molar-refractivity contribution in [2.45, 2.75) is 25.7 Å². The zero-order chi connectivity index (χ0) is 16.1. The van der Waals surface area contributed by atoms with Crippen LogP contribution >= 0.6 is 0 Å². The number of amides is 1. The molecule has 0 heterocycles. The molecule has 0 aliphatic heterocycles. The van der Waals surface area contributed by atoms with E-state index in [9.17, 15) is 4.79 Å². The number of carbonyl (C=O) groups is 1. The van der Waals surface area contributed by atoms with Gasteiger partial charge in [-0.25, -0.2) is 0 Å². The Morgan fingerprint density at radius 1 is 1.13 bits per heavy atom. The second-order valence-corrected chi connectivity index (χ2v) is 5.63. The van der Waals surface area contributed by atoms with Gasteiger partial charge < -0.3 is 10.1 Å². The second-order valence-electron chi connectivity index (χ2n) is 5.63. The molecule has 0 saturated heterocycles. The van der Waals surface area contributed by atoms with Gasteiger partial charge in [-0.05, 0) is 61.1 Å². The zero-order valence-electron chi connectivity index (χ0n) is 12.8. The van der Waals surface area contributed by atoms with Crippen molar-refractivity contribution in [3.8, 4) is 11.8 Å². The maximum Gasteiger partial charge on any atom is 0.262 e. The molecule has 0 radical (unpaired) electrons. The molecule has 0 spiro atoms. The van der Waals surface area contributed by atoms with Crippen molar-refractivity contribution in [2.75, 3.05) is 11.9 Å². The van der Waals surface area contributed by atoms with Crippen LogP contribution in [0.1, 0.15) is 29.5 Å². The van der Waals surface area contributed by atoms with E-state index >= 15 is 0 Å². The largest absolute Gasteiger partial charge is 0.484 e. The number of nitrogens with one attached hydrogen (secondary N) is 1. The minimum Gasteiger partial charge on any atom is -0.484 e. The van der Waals surface area contributed by atoms with Crippen molar-refractivity contribution in [1.29, 1.82) is 5.26 Å². The van der Waals surface area contributed by atoms with Crippen LogP contribution in [-0.2, 0) is 17.6 Å². The minimum absolute atomic E-state index is 0.0709. The maximum atomic E-state index is 12.0. The van der Waals surface area contributed by atoms with E-state index in [0.717, 1.165) is 18.6 Å². The number of aryl methyl sites for hydroxylation is 2. The molecule has 0 aromatic heterocycles. The topological polar surface area (TPSA) is 62.1 Å². The first-order valence-electron chi connectivity index (χ1n) is 7.80. The average Bonchev–Trinajstić information content (AvgIpc) is 2.60. The monoisotopic (exact) mass is 306 g/mol. The van der Waals surface area contributed by atoms with Gasteiger partial charge in [-0.3, -0.25) is 4.79 Å². The van der Waals surface area contributed by atoms with Gasteiger partial charge >= 0.3 is 0 Å². The summed E-state index contributed by atoms with van der Waals surface area (Å²) in [5.74, 6) is 0.444. The number of hydrogen-bond acceptors (Lipinski definition) is 3. The van der Waals surface area contributed by atoms with Gasteiger partial charge in [-0.15, -0.1) is 0 Å². The van der Waals surface area contributed by atoms with Crippen LogP contribution in [0.2, 0.25) is 0 Å². The molecule has 0 fully saturated rings. The summed E-state index contributed by atoms with van der Waals surface area (Å²) in [5, 5.41) is 11.7. The van der Waals surface area contributed by atoms with Crippen LogP contribution in [-0.4, -0.2) is 12.5 Å². The van der Waals surface area contributed by atoms with Crippen molar-refractivity contribution < 1.29 is 9.53 Å². The molecular formula is C19H18N2O2. The fourth-order valence-corrected chi connectivity index (χ4v) is 2.82. The molecule has 2 aromatic rings. The average molecular weight is 306 g/mol. The van der Waals surface area contributed by atoms with Crippen molar-refractivity contribution in [1.82, 2.24) is 0 Å². The summed E-state index contributed by atoms with van der Waals surface area (Å²) < 4.78 is 5.58. The third-order valence-corrected chi connectivity index (χ3v) is 4.01. The third-order valence-electron chi connectivity index (χ3n) is 4.01. The molecule has 4 heteroatoms. The van der Waals surface area contributed by atoms with E-state index in [0.29, 0.717) is 11.3 Å². The quantitative estimate of drug-likeness (QED) is 0.941. The number of nitrogens with zero attached hydrogens (tertiary/aromatic N) is 1. The van der Waals surface area contributed by atoms with E-state index in [1.807, 2.05) is 12.1 Å². The van der Waals surface area contributed by atoms with E-state index in [1.54, 1.807) is 24.3 Å². The van der Waals surface area contributed by atoms with E-state index < -0.39 is 0 Å². The van der Waals surface area contributed by atoms with Crippen LogP contribution in [0.3, 0.4) is 0 Å². The first-order valence-corrected chi connectivity index (χ1v) is 7.80. The van der Waals surface area contributed by atoms with Gasteiger partial charge in [0.25, 0.3) is 5.91 Å². The smallest absolute Gasteiger partial charge is 0.262 e. The summed E-state index contributed by atoms with van der Waals surface area (Å²) in [6, 6.07) is 15.0. The van der Waals surface area contributed by atoms with Crippen LogP contribution in [0.4, 0.5) is 5.69 Å². The van der Waals surface area contributed by atoms with Crippen molar-refractivity contribution in [2.24, 2.45) is 0 Å². The van der Waals surface area contributed by atoms with Crippen molar-refractivity contribution in [3.05, 3.63) is 59.2 Å². The van der Waals surface area contributed by atoms with Crippen LogP contribution in [0, 0.1) is 11.3 Å². The Morgan fingerprint density at radius 3 is 2.74 bits per heavy atom. The lowest BCUT2D eigenvalue weighted by Gasteiger charge is -2.16. The lowest BCUT2D eigenvalue weighted by Crippen LogP contribution is -2.20. The highest BCUT2D eigenvalue weighted by Crippen LogP contribution is 2.25. The molecule has 116 valence electrons. The van der Waals surface area contributed by atoms with Gasteiger partial charge in [0.15, 0.2) is 6.61 Å². The summed E-state index contributed by atoms with van der Waals surface area (Å²) >= 11 is 0. The Labute approximate surface area is 135 Å². The first-order chi connectivity index (χ1) is 11.3. The molecule has 3 rings (SSSR count). The van der Waals surface area contributed by atoms with Crippen LogP contribution < -0.4 is 10.1 Å². The molecule has 4 nitrogen and oxygen atoms in total. The molecule has 1 amide bonds. The highest BCUT2D eigenvalue weighted by molar-refractivity contribution is 5.93. The number of anilines is 1. The fourth-order valence-electron chi connectivity index (χ4n) is 2.82. The molecule has 23 heavy (non-hydrogen) atoms. The molecule has 1 N–H and O–H groups in total. The Hall–Kier alpha value is -2.80. The number of carbonyl (C=O) groups excluding carboxylic acids is 1. The number of para-hydroxylation sites is 1. The number of rotatable bonds is 4. The Bertz CT molecular complexity index is 762. The number of nitriles is 1. The summed E-state index contributed by atoms with van der Waals surface area (Å²) in [4.78, 5) is 12.0. The summed E-state index contributed by atoms with van der Waals surface area (Å²) in [6.45, 7) is -0.0709. The van der Waals surface area contributed by atoms with E-state index in [4.69, 9.17) is 10.00 Å². The van der Waals surface area contributed by atoms with Crippen molar-refractivity contribution >= 4 is 11.6 Å². The van der Waals surface area contributed by atoms with Gasteiger partial charge in [0, 0.05) is 0 Å². The standard InChI is InChI=1S/C19H18N2O2/c20-12-16-7-3-4-8-18(16)21-19(22)13-23-17-10-9-14-5-1-2-6-15(14)11-17/h3-4,7-11H,1-2,5-6,13H2,(H,21,22). The molecule has 0 unspecified atom stereocenters. The highest BCUT2D eigenvalue weighted by atomic mass is 16.5. The van der Waals surface area contributed by atoms with Crippen molar-refractivity contribution in [3.63, 3.8) is 0 Å². The number of ether oxygens (including phenoxy) is 1. The summed E-state index contributed by atoms with van der Waals surface area (Å²) in [6.07, 6.45) is 4.66. The van der Waals surface area contributed by atoms with E-state index in [2.05, 4.69) is 17.5 Å². The molecule has 1 aliphatic rings. The summed E-state index contributed by atoms with van der Waals surface area (Å²) in [7, 11) is 0. The van der Waals surface area contributed by atoms with Crippen LogP contribution in [0.5, 0.6) is 5.75 Å². The second kappa shape index (κ2) is 6.97. The molecule has 1 aliphatic carbocycles. The normalized spacial score (nSPS) is 12.8. The van der Waals surface area contributed by atoms with Crippen LogP contribution in [0.25, 0.3) is 0 Å². The van der Waals surface area contributed by atoms with E-state index in [1.165, 1.54) is 24.0 Å². The van der Waals surface area contributed by atoms with Crippen LogP contribution in [0.15, 0.2) is 42.5 Å². The first kappa shape index (κ1) is 15.1. The van der Waals surface area contributed by atoms with Gasteiger partial charge in [0.2, 0.25) is 0 Å². The zero-order valence-corrected chi connectivity index (χ0v) is 12.8. The molecule has 0 bridgehead atoms. The molecule has 2 aromatic carbocycles. The Balaban J connectivity index is 1.60. The van der Waals surface area contributed by atoms with Gasteiger partial charge in [0.1, 0.15) is 11.8 Å². The lowest BCUT2D eigenvalue weighted by atomic mass is 9.92. The third kappa shape index (κ3) is 3.70. The van der Waals surface area contributed by atoms with Gasteiger partial charge in [0.05, 0.1) is 11.3 Å². The molecule has 0 atom stereocenters. The Morgan fingerprint density at radius 2 is 1.91 bits per heavy atom. The predicted octanol–water partition coefficient (Wildman–Crippen LogP) is 3.45. The highest BCUT2D eigenvalue weighted by Gasteiger charge is 2.11. The molecule has 0 saturated carbocycles. The lowest BCUT2D eigenvalue weighted by molar-refractivity contribution is -0.118. The summed E-state index contributed by atoms with van der Waals surface area (Å²) in [5.41, 5.74) is 3.66.